The fourth-order valence-corrected chi connectivity index (χ4v) is 4.10. The normalized spacial score (nSPS) is 18.4. The Hall–Kier alpha value is -1.15. The van der Waals surface area contributed by atoms with Crippen molar-refractivity contribution in [3.63, 3.8) is 0 Å². The third kappa shape index (κ3) is 3.55. The molecule has 0 saturated carbocycles. The van der Waals surface area contributed by atoms with Gasteiger partial charge in [0.25, 0.3) is 0 Å². The Morgan fingerprint density at radius 2 is 2.00 bits per heavy atom. The van der Waals surface area contributed by atoms with Crippen molar-refractivity contribution >= 4 is 10.0 Å². The molecule has 1 aromatic carbocycles. The van der Waals surface area contributed by atoms with Crippen LogP contribution in [-0.2, 0) is 16.6 Å². The maximum absolute atomic E-state index is 12.8. The monoisotopic (exact) mass is 314 g/mol. The van der Waals surface area contributed by atoms with Crippen LogP contribution in [0.4, 0.5) is 0 Å². The van der Waals surface area contributed by atoms with Crippen molar-refractivity contribution < 1.29 is 18.3 Å². The summed E-state index contributed by atoms with van der Waals surface area (Å²) in [7, 11) is -0.177. The van der Waals surface area contributed by atoms with Crippen LogP contribution < -0.4 is 4.74 Å². The van der Waals surface area contributed by atoms with Gasteiger partial charge in [-0.3, -0.25) is 0 Å². The largest absolute Gasteiger partial charge is 0.495 e. The van der Waals surface area contributed by atoms with Gasteiger partial charge in [0.2, 0.25) is 10.0 Å². The average molecular weight is 314 g/mol. The van der Waals surface area contributed by atoms with E-state index in [2.05, 4.69) is 4.90 Å². The summed E-state index contributed by atoms with van der Waals surface area (Å²) in [4.78, 5) is 2.25. The molecule has 7 heteroatoms. The summed E-state index contributed by atoms with van der Waals surface area (Å²) in [5.74, 6) is 0.310. The highest BCUT2D eigenvalue weighted by atomic mass is 32.2. The van der Waals surface area contributed by atoms with Crippen molar-refractivity contribution in [2.75, 3.05) is 40.3 Å². The van der Waals surface area contributed by atoms with E-state index in [0.717, 1.165) is 13.0 Å². The summed E-state index contributed by atoms with van der Waals surface area (Å²) in [5, 5.41) is 9.23. The summed E-state index contributed by atoms with van der Waals surface area (Å²) < 4.78 is 32.4. The minimum atomic E-state index is -3.61. The van der Waals surface area contributed by atoms with Gasteiger partial charge in [0.05, 0.1) is 13.7 Å². The van der Waals surface area contributed by atoms with Gasteiger partial charge >= 0.3 is 0 Å². The lowest BCUT2D eigenvalue weighted by Crippen LogP contribution is -2.34. The third-order valence-corrected chi connectivity index (χ3v) is 5.63. The zero-order valence-corrected chi connectivity index (χ0v) is 13.3. The van der Waals surface area contributed by atoms with E-state index in [-0.39, 0.29) is 11.5 Å². The van der Waals surface area contributed by atoms with Gasteiger partial charge in [-0.05, 0) is 37.7 Å². The molecule has 2 rings (SSSR count). The van der Waals surface area contributed by atoms with Crippen LogP contribution >= 0.6 is 0 Å². The fourth-order valence-electron chi connectivity index (χ4n) is 2.42. The Morgan fingerprint density at radius 1 is 1.24 bits per heavy atom. The Kier molecular flexibility index (Phi) is 5.21. The molecule has 21 heavy (non-hydrogen) atoms. The second-order valence-electron chi connectivity index (χ2n) is 5.20. The Morgan fingerprint density at radius 3 is 2.67 bits per heavy atom. The van der Waals surface area contributed by atoms with E-state index in [4.69, 9.17) is 4.74 Å². The molecule has 0 unspecified atom stereocenters. The summed E-state index contributed by atoms with van der Waals surface area (Å²) in [5.41, 5.74) is 0.557. The molecule has 118 valence electrons. The average Bonchev–Trinajstić information content (AvgIpc) is 2.71. The quantitative estimate of drug-likeness (QED) is 0.877. The Bertz CT molecular complexity index is 589. The number of hydrogen-bond acceptors (Lipinski definition) is 5. The molecule has 1 aliphatic heterocycles. The topological polar surface area (TPSA) is 70.1 Å². The molecular formula is C14H22N2O4S. The van der Waals surface area contributed by atoms with Crippen molar-refractivity contribution in [2.45, 2.75) is 17.9 Å². The fraction of sp³-hybridized carbons (Fsp3) is 0.571. The molecule has 0 bridgehead atoms. The zero-order valence-electron chi connectivity index (χ0n) is 12.4. The molecule has 0 aromatic heterocycles. The van der Waals surface area contributed by atoms with Crippen molar-refractivity contribution in [2.24, 2.45) is 0 Å². The standard InChI is InChI=1S/C14H22N2O4S/c1-15-6-3-7-16(9-8-15)21(18,19)14-10-12(11-17)4-5-13(14)20-2/h4-5,10,17H,3,6-9,11H2,1-2H3. The van der Waals surface area contributed by atoms with Crippen molar-refractivity contribution in [3.05, 3.63) is 23.8 Å². The first kappa shape index (κ1) is 16.2. The summed E-state index contributed by atoms with van der Waals surface area (Å²) >= 11 is 0. The second-order valence-corrected chi connectivity index (χ2v) is 7.11. The molecule has 1 N–H and O–H groups in total. The van der Waals surface area contributed by atoms with Gasteiger partial charge in [-0.2, -0.15) is 4.31 Å². The lowest BCUT2D eigenvalue weighted by molar-refractivity contribution is 0.281. The second kappa shape index (κ2) is 6.74. The zero-order chi connectivity index (χ0) is 15.5. The molecule has 1 saturated heterocycles. The SMILES string of the molecule is COc1ccc(CO)cc1S(=O)(=O)N1CCCN(C)CC1. The van der Waals surface area contributed by atoms with Crippen LogP contribution in [0.15, 0.2) is 23.1 Å². The molecule has 0 aliphatic carbocycles. The van der Waals surface area contributed by atoms with E-state index >= 15 is 0 Å². The van der Waals surface area contributed by atoms with E-state index in [1.54, 1.807) is 12.1 Å². The molecule has 1 fully saturated rings. The summed E-state index contributed by atoms with van der Waals surface area (Å²) in [6.07, 6.45) is 0.803. The number of aliphatic hydroxyl groups excluding tert-OH is 1. The highest BCUT2D eigenvalue weighted by Crippen LogP contribution is 2.28. The first-order valence-corrected chi connectivity index (χ1v) is 8.39. The lowest BCUT2D eigenvalue weighted by Gasteiger charge is -2.21. The first-order chi connectivity index (χ1) is 9.98. The van der Waals surface area contributed by atoms with Gasteiger partial charge in [-0.1, -0.05) is 6.07 Å². The van der Waals surface area contributed by atoms with E-state index in [9.17, 15) is 13.5 Å². The number of sulfonamides is 1. The van der Waals surface area contributed by atoms with Gasteiger partial charge in [-0.25, -0.2) is 8.42 Å². The first-order valence-electron chi connectivity index (χ1n) is 6.95. The number of likely N-dealkylation sites (N-methyl/N-ethyl adjacent to an activating group) is 1. The molecule has 0 atom stereocenters. The van der Waals surface area contributed by atoms with E-state index in [1.165, 1.54) is 17.5 Å². The predicted molar refractivity (Wildman–Crippen MR) is 79.8 cm³/mol. The number of hydrogen-bond donors (Lipinski definition) is 1. The van der Waals surface area contributed by atoms with Gasteiger partial charge < -0.3 is 14.7 Å². The Labute approximate surface area is 126 Å². The van der Waals surface area contributed by atoms with Crippen LogP contribution in [0.25, 0.3) is 0 Å². The molecule has 1 aliphatic rings. The van der Waals surface area contributed by atoms with Crippen LogP contribution in [0.5, 0.6) is 5.75 Å². The minimum absolute atomic E-state index is 0.126. The molecule has 1 aromatic rings. The highest BCUT2D eigenvalue weighted by Gasteiger charge is 2.29. The van der Waals surface area contributed by atoms with Gasteiger partial charge in [0, 0.05) is 19.6 Å². The molecule has 1 heterocycles. The number of aliphatic hydroxyl groups is 1. The molecule has 6 nitrogen and oxygen atoms in total. The number of rotatable bonds is 4. The maximum Gasteiger partial charge on any atom is 0.246 e. The number of ether oxygens (including phenoxy) is 1. The van der Waals surface area contributed by atoms with Crippen LogP contribution in [0.3, 0.4) is 0 Å². The smallest absolute Gasteiger partial charge is 0.246 e. The van der Waals surface area contributed by atoms with Crippen molar-refractivity contribution in [1.29, 1.82) is 0 Å². The van der Waals surface area contributed by atoms with E-state index in [1.807, 2.05) is 7.05 Å². The van der Waals surface area contributed by atoms with Gasteiger partial charge in [0.15, 0.2) is 0 Å². The molecule has 0 amide bonds. The molecule has 0 spiro atoms. The summed E-state index contributed by atoms with van der Waals surface area (Å²) in [6.45, 7) is 2.36. The summed E-state index contributed by atoms with van der Waals surface area (Å²) in [6, 6.07) is 4.74. The third-order valence-electron chi connectivity index (χ3n) is 3.71. The molecular weight excluding hydrogens is 292 g/mol. The number of benzene rings is 1. The number of methoxy groups -OCH3 is 1. The van der Waals surface area contributed by atoms with Crippen LogP contribution in [0.2, 0.25) is 0 Å². The van der Waals surface area contributed by atoms with Crippen molar-refractivity contribution in [3.8, 4) is 5.75 Å². The predicted octanol–water partition coefficient (Wildman–Crippen LogP) is 0.514. The van der Waals surface area contributed by atoms with E-state index < -0.39 is 10.0 Å². The Balaban J connectivity index is 2.38. The number of nitrogens with zero attached hydrogens (tertiary/aromatic N) is 2. The van der Waals surface area contributed by atoms with Gasteiger partial charge in [0.1, 0.15) is 10.6 Å². The lowest BCUT2D eigenvalue weighted by atomic mass is 10.2. The van der Waals surface area contributed by atoms with Crippen LogP contribution in [0.1, 0.15) is 12.0 Å². The van der Waals surface area contributed by atoms with Crippen LogP contribution in [-0.4, -0.2) is 63.1 Å². The highest BCUT2D eigenvalue weighted by molar-refractivity contribution is 7.89. The van der Waals surface area contributed by atoms with Crippen molar-refractivity contribution in [1.82, 2.24) is 9.21 Å². The minimum Gasteiger partial charge on any atom is -0.495 e. The maximum atomic E-state index is 12.8. The van der Waals surface area contributed by atoms with E-state index in [0.29, 0.717) is 30.9 Å². The van der Waals surface area contributed by atoms with Gasteiger partial charge in [-0.15, -0.1) is 0 Å². The molecule has 0 radical (unpaired) electrons. The van der Waals surface area contributed by atoms with Crippen LogP contribution in [0, 0.1) is 0 Å².